The first-order valence-electron chi connectivity index (χ1n) is 13.2. The van der Waals surface area contributed by atoms with E-state index in [0.29, 0.717) is 56.8 Å². The van der Waals surface area contributed by atoms with Gasteiger partial charge in [0.1, 0.15) is 12.2 Å². The van der Waals surface area contributed by atoms with Crippen molar-refractivity contribution in [1.82, 2.24) is 20.9 Å². The molecule has 4 N–H and O–H groups in total. The molecule has 1 aromatic carbocycles. The van der Waals surface area contributed by atoms with Gasteiger partial charge in [0, 0.05) is 37.9 Å². The van der Waals surface area contributed by atoms with Gasteiger partial charge in [-0.05, 0) is 49.9 Å². The number of nitrogens with one attached hydrogen (secondary N) is 3. The zero-order chi connectivity index (χ0) is 27.3. The van der Waals surface area contributed by atoms with Gasteiger partial charge in [-0.1, -0.05) is 23.7 Å². The number of methoxy groups -OCH3 is 1. The van der Waals surface area contributed by atoms with Crippen molar-refractivity contribution in [2.24, 2.45) is 5.92 Å². The van der Waals surface area contributed by atoms with Gasteiger partial charge in [0.05, 0.1) is 39.0 Å². The number of hydrogen-bond acceptors (Lipinski definition) is 8. The lowest BCUT2D eigenvalue weighted by atomic mass is 9.90. The van der Waals surface area contributed by atoms with Crippen LogP contribution in [-0.4, -0.2) is 107 Å². The number of aliphatic hydroxyl groups excluding tert-OH is 1. The zero-order valence-corrected chi connectivity index (χ0v) is 23.0. The maximum absolute atomic E-state index is 13.4. The molecule has 0 aromatic heterocycles. The molecule has 2 aliphatic heterocycles. The Balaban J connectivity index is 1.66. The minimum absolute atomic E-state index is 0.210. The lowest BCUT2D eigenvalue weighted by molar-refractivity contribution is -0.105. The van der Waals surface area contributed by atoms with E-state index < -0.39 is 24.4 Å². The van der Waals surface area contributed by atoms with Crippen molar-refractivity contribution < 1.29 is 33.6 Å². The molecule has 3 rings (SSSR count). The fourth-order valence-corrected chi connectivity index (χ4v) is 5.01. The summed E-state index contributed by atoms with van der Waals surface area (Å²) < 4.78 is 22.2. The highest BCUT2D eigenvalue weighted by atomic mass is 35.5. The Morgan fingerprint density at radius 3 is 2.76 bits per heavy atom. The topological polar surface area (TPSA) is 131 Å². The van der Waals surface area contributed by atoms with E-state index in [1.54, 1.807) is 24.1 Å². The minimum Gasteiger partial charge on any atom is -0.453 e. The zero-order valence-electron chi connectivity index (χ0n) is 22.2. The molecule has 214 valence electrons. The number of morpholine rings is 1. The molecule has 11 nitrogen and oxygen atoms in total. The van der Waals surface area contributed by atoms with E-state index in [-0.39, 0.29) is 25.2 Å². The Hall–Kier alpha value is -2.15. The Kier molecular flexibility index (Phi) is 12.9. The smallest absolute Gasteiger partial charge is 0.406 e. The van der Waals surface area contributed by atoms with E-state index in [0.717, 1.165) is 18.4 Å². The molecule has 2 saturated heterocycles. The number of alkyl carbamates (subject to hydrolysis) is 1. The number of amides is 3. The van der Waals surface area contributed by atoms with E-state index in [1.165, 1.54) is 7.11 Å². The second kappa shape index (κ2) is 16.1. The van der Waals surface area contributed by atoms with Gasteiger partial charge in [-0.15, -0.1) is 0 Å². The van der Waals surface area contributed by atoms with E-state index in [9.17, 15) is 14.7 Å². The molecule has 0 bridgehead atoms. The van der Waals surface area contributed by atoms with Gasteiger partial charge in [0.15, 0.2) is 0 Å². The van der Waals surface area contributed by atoms with E-state index in [4.69, 9.17) is 25.8 Å². The van der Waals surface area contributed by atoms with Crippen LogP contribution in [-0.2, 0) is 18.9 Å². The van der Waals surface area contributed by atoms with Gasteiger partial charge >= 0.3 is 12.1 Å². The van der Waals surface area contributed by atoms with E-state index in [2.05, 4.69) is 20.7 Å². The number of hydrogen-bond donors (Lipinski definition) is 4. The molecule has 1 aromatic rings. The molecule has 2 aliphatic rings. The second-order valence-corrected chi connectivity index (χ2v) is 10.0. The van der Waals surface area contributed by atoms with Crippen LogP contribution in [0, 0.1) is 5.92 Å². The van der Waals surface area contributed by atoms with Crippen LogP contribution in [0.5, 0.6) is 0 Å². The van der Waals surface area contributed by atoms with Crippen molar-refractivity contribution in [3.63, 3.8) is 0 Å². The quantitative estimate of drug-likeness (QED) is 0.287. The Morgan fingerprint density at radius 2 is 2.05 bits per heavy atom. The van der Waals surface area contributed by atoms with Crippen LogP contribution in [0.15, 0.2) is 24.3 Å². The molecule has 12 heteroatoms. The van der Waals surface area contributed by atoms with Crippen LogP contribution in [0.25, 0.3) is 0 Å². The van der Waals surface area contributed by atoms with Gasteiger partial charge in [0.25, 0.3) is 0 Å². The number of ether oxygens (including phenoxy) is 4. The number of carbonyl (C=O) groups is 2. The van der Waals surface area contributed by atoms with Gasteiger partial charge in [0.2, 0.25) is 0 Å². The highest BCUT2D eigenvalue weighted by Crippen LogP contribution is 2.28. The number of carbonyl (C=O) groups excluding carboxylic acids is 2. The third kappa shape index (κ3) is 9.55. The summed E-state index contributed by atoms with van der Waals surface area (Å²) in [6.45, 7) is 3.30. The predicted molar refractivity (Wildman–Crippen MR) is 142 cm³/mol. The Bertz CT molecular complexity index is 874. The van der Waals surface area contributed by atoms with Crippen molar-refractivity contribution in [2.75, 3.05) is 66.8 Å². The van der Waals surface area contributed by atoms with Crippen molar-refractivity contribution >= 4 is 23.7 Å². The van der Waals surface area contributed by atoms with Gasteiger partial charge in [-0.2, -0.15) is 0 Å². The van der Waals surface area contributed by atoms with E-state index in [1.807, 2.05) is 12.1 Å². The van der Waals surface area contributed by atoms with Crippen LogP contribution in [0.1, 0.15) is 30.9 Å². The fourth-order valence-electron chi connectivity index (χ4n) is 4.81. The standard InChI is InChI=1S/C26H41ClN4O7/c1-28-16-22(32)21(14-18-6-10-36-11-7-18)30-25(33)31-9-13-37-23(17-31)24(19-4-3-5-20(27)15-19)38-12-8-29-26(34)35-2/h3-5,15,18,21-24,28,32H,6-14,16-17H2,1-2H3,(H,29,34)(H,30,33)/t21-,22-,23+,24?/m0/s1. The SMILES string of the molecule is CNC[C@H](O)[C@H](CC1CCOCC1)NC(=O)N1CCO[C@@H](C(OCCNC(=O)OC)c2cccc(Cl)c2)C1. The summed E-state index contributed by atoms with van der Waals surface area (Å²) in [4.78, 5) is 26.4. The third-order valence-corrected chi connectivity index (χ3v) is 7.10. The number of benzene rings is 1. The first-order valence-corrected chi connectivity index (χ1v) is 13.5. The molecule has 3 amide bonds. The van der Waals surface area contributed by atoms with Crippen molar-refractivity contribution in [1.29, 1.82) is 0 Å². The number of rotatable bonds is 12. The average Bonchev–Trinajstić information content (AvgIpc) is 2.93. The fraction of sp³-hybridized carbons (Fsp3) is 0.692. The van der Waals surface area contributed by atoms with Crippen LogP contribution in [0.2, 0.25) is 5.02 Å². The Morgan fingerprint density at radius 1 is 1.26 bits per heavy atom. The first-order chi connectivity index (χ1) is 18.4. The molecule has 0 spiro atoms. The maximum atomic E-state index is 13.4. The van der Waals surface area contributed by atoms with Crippen molar-refractivity contribution in [3.05, 3.63) is 34.9 Å². The summed E-state index contributed by atoms with van der Waals surface area (Å²) in [6, 6.07) is 6.67. The molecular formula is C26H41ClN4O7. The molecule has 2 heterocycles. The van der Waals surface area contributed by atoms with Crippen LogP contribution >= 0.6 is 11.6 Å². The lowest BCUT2D eigenvalue weighted by Crippen LogP contribution is -2.56. The van der Waals surface area contributed by atoms with Crippen LogP contribution < -0.4 is 16.0 Å². The normalized spacial score (nSPS) is 20.8. The lowest BCUT2D eigenvalue weighted by Gasteiger charge is -2.38. The van der Waals surface area contributed by atoms with Gasteiger partial charge in [-0.3, -0.25) is 0 Å². The van der Waals surface area contributed by atoms with Crippen molar-refractivity contribution in [3.8, 4) is 0 Å². The highest BCUT2D eigenvalue weighted by molar-refractivity contribution is 6.30. The number of nitrogens with zero attached hydrogens (tertiary/aromatic N) is 1. The summed E-state index contributed by atoms with van der Waals surface area (Å²) in [5, 5.41) is 20.0. The molecular weight excluding hydrogens is 516 g/mol. The summed E-state index contributed by atoms with van der Waals surface area (Å²) >= 11 is 6.24. The molecule has 0 saturated carbocycles. The second-order valence-electron chi connectivity index (χ2n) is 9.59. The average molecular weight is 557 g/mol. The molecule has 4 atom stereocenters. The molecule has 0 radical (unpaired) electrons. The van der Waals surface area contributed by atoms with Gasteiger partial charge < -0.3 is 44.9 Å². The first kappa shape index (κ1) is 30.4. The summed E-state index contributed by atoms with van der Waals surface area (Å²) in [5.41, 5.74) is 0.810. The summed E-state index contributed by atoms with van der Waals surface area (Å²) in [6.07, 6.45) is 0.296. The summed E-state index contributed by atoms with van der Waals surface area (Å²) in [7, 11) is 3.08. The predicted octanol–water partition coefficient (Wildman–Crippen LogP) is 1.93. The third-order valence-electron chi connectivity index (χ3n) is 6.86. The molecule has 38 heavy (non-hydrogen) atoms. The molecule has 0 aliphatic carbocycles. The molecule has 2 fully saturated rings. The van der Waals surface area contributed by atoms with Crippen molar-refractivity contribution in [2.45, 2.75) is 43.6 Å². The highest BCUT2D eigenvalue weighted by Gasteiger charge is 2.34. The van der Waals surface area contributed by atoms with Crippen LogP contribution in [0.3, 0.4) is 0 Å². The largest absolute Gasteiger partial charge is 0.453 e. The summed E-state index contributed by atoms with van der Waals surface area (Å²) in [5.74, 6) is 0.386. The Labute approximate surface area is 229 Å². The minimum atomic E-state index is -0.714. The van der Waals surface area contributed by atoms with Gasteiger partial charge in [-0.25, -0.2) is 9.59 Å². The number of halogens is 1. The number of likely N-dealkylation sites (N-methyl/N-ethyl adjacent to an activating group) is 1. The van der Waals surface area contributed by atoms with E-state index >= 15 is 0 Å². The van der Waals surface area contributed by atoms with Crippen LogP contribution in [0.4, 0.5) is 9.59 Å². The molecule has 1 unspecified atom stereocenters. The monoisotopic (exact) mass is 556 g/mol. The maximum Gasteiger partial charge on any atom is 0.406 e. The number of urea groups is 1. The number of aliphatic hydroxyl groups is 1.